The molecule has 6 nitrogen and oxygen atoms in total. The number of thiophene rings is 1. The van der Waals surface area contributed by atoms with Gasteiger partial charge >= 0.3 is 0 Å². The van der Waals surface area contributed by atoms with Crippen LogP contribution in [0.4, 0.5) is 0 Å². The topological polar surface area (TPSA) is 77.5 Å². The number of aromatic nitrogens is 2. The van der Waals surface area contributed by atoms with E-state index in [1.807, 2.05) is 13.0 Å². The zero-order chi connectivity index (χ0) is 16.2. The van der Waals surface area contributed by atoms with Crippen molar-refractivity contribution in [3.63, 3.8) is 0 Å². The SMILES string of the molecule is CCc1cc2c(=O)n(CC(O)COCc3ccco3)cnc2s1. The molecule has 1 N–H and O–H groups in total. The van der Waals surface area contributed by atoms with E-state index in [1.165, 1.54) is 22.2 Å². The van der Waals surface area contributed by atoms with Crippen LogP contribution >= 0.6 is 11.3 Å². The molecule has 0 aliphatic heterocycles. The number of furan rings is 1. The van der Waals surface area contributed by atoms with Gasteiger partial charge < -0.3 is 14.3 Å². The molecule has 7 heteroatoms. The predicted molar refractivity (Wildman–Crippen MR) is 87.6 cm³/mol. The maximum absolute atomic E-state index is 12.4. The number of aliphatic hydroxyl groups excluding tert-OH is 1. The zero-order valence-electron chi connectivity index (χ0n) is 12.8. The van der Waals surface area contributed by atoms with Gasteiger partial charge in [0.25, 0.3) is 5.56 Å². The first-order valence-corrected chi connectivity index (χ1v) is 8.25. The summed E-state index contributed by atoms with van der Waals surface area (Å²) < 4.78 is 12.0. The maximum atomic E-state index is 12.4. The Hall–Kier alpha value is -1.96. The molecule has 0 fully saturated rings. The van der Waals surface area contributed by atoms with Crippen molar-refractivity contribution in [2.45, 2.75) is 32.6 Å². The van der Waals surface area contributed by atoms with E-state index in [9.17, 15) is 9.90 Å². The summed E-state index contributed by atoms with van der Waals surface area (Å²) in [7, 11) is 0. The quantitative estimate of drug-likeness (QED) is 0.717. The van der Waals surface area contributed by atoms with Gasteiger partial charge in [-0.05, 0) is 24.6 Å². The van der Waals surface area contributed by atoms with Crippen LogP contribution in [0, 0.1) is 0 Å². The first-order valence-electron chi connectivity index (χ1n) is 7.43. The highest BCUT2D eigenvalue weighted by Crippen LogP contribution is 2.20. The third-order valence-corrected chi connectivity index (χ3v) is 4.65. The minimum absolute atomic E-state index is 0.120. The lowest BCUT2D eigenvalue weighted by Gasteiger charge is -2.12. The molecule has 3 rings (SSSR count). The molecule has 23 heavy (non-hydrogen) atoms. The lowest BCUT2D eigenvalue weighted by molar-refractivity contribution is 0.0142. The van der Waals surface area contributed by atoms with Crippen LogP contribution in [0.2, 0.25) is 0 Å². The largest absolute Gasteiger partial charge is 0.467 e. The lowest BCUT2D eigenvalue weighted by Crippen LogP contribution is -2.29. The van der Waals surface area contributed by atoms with E-state index in [-0.39, 0.29) is 18.7 Å². The Balaban J connectivity index is 1.63. The van der Waals surface area contributed by atoms with Crippen LogP contribution in [0.3, 0.4) is 0 Å². The highest BCUT2D eigenvalue weighted by Gasteiger charge is 2.12. The number of fused-ring (bicyclic) bond motifs is 1. The third kappa shape index (κ3) is 3.69. The number of aliphatic hydroxyl groups is 1. The van der Waals surface area contributed by atoms with E-state index in [4.69, 9.17) is 9.15 Å². The average molecular weight is 334 g/mol. The fourth-order valence-electron chi connectivity index (χ4n) is 2.28. The number of hydrogen-bond acceptors (Lipinski definition) is 6. The van der Waals surface area contributed by atoms with Crippen molar-refractivity contribution in [2.24, 2.45) is 0 Å². The lowest BCUT2D eigenvalue weighted by atomic mass is 10.3. The summed E-state index contributed by atoms with van der Waals surface area (Å²) in [6.45, 7) is 2.61. The predicted octanol–water partition coefficient (Wildman–Crippen LogP) is 2.19. The maximum Gasteiger partial charge on any atom is 0.262 e. The number of ether oxygens (including phenoxy) is 1. The number of rotatable bonds is 7. The highest BCUT2D eigenvalue weighted by molar-refractivity contribution is 7.18. The molecule has 0 radical (unpaired) electrons. The average Bonchev–Trinajstić information content (AvgIpc) is 3.19. The molecule has 0 bridgehead atoms. The molecule has 0 amide bonds. The molecule has 1 unspecified atom stereocenters. The van der Waals surface area contributed by atoms with Gasteiger partial charge in [-0.15, -0.1) is 11.3 Å². The van der Waals surface area contributed by atoms with Crippen LogP contribution in [-0.2, 0) is 24.3 Å². The molecule has 0 saturated heterocycles. The van der Waals surface area contributed by atoms with Gasteiger partial charge in [-0.1, -0.05) is 6.92 Å². The first-order chi connectivity index (χ1) is 11.2. The van der Waals surface area contributed by atoms with Crippen molar-refractivity contribution in [2.75, 3.05) is 6.61 Å². The van der Waals surface area contributed by atoms with Gasteiger partial charge in [0.15, 0.2) is 0 Å². The van der Waals surface area contributed by atoms with Crippen molar-refractivity contribution >= 4 is 21.6 Å². The van der Waals surface area contributed by atoms with E-state index >= 15 is 0 Å². The van der Waals surface area contributed by atoms with Crippen molar-refractivity contribution < 1.29 is 14.3 Å². The van der Waals surface area contributed by atoms with Gasteiger partial charge in [0.05, 0.1) is 37.2 Å². The first kappa shape index (κ1) is 15.9. The van der Waals surface area contributed by atoms with E-state index in [1.54, 1.807) is 18.4 Å². The second-order valence-electron chi connectivity index (χ2n) is 5.24. The summed E-state index contributed by atoms with van der Waals surface area (Å²) in [5.41, 5.74) is -0.129. The molecule has 0 aromatic carbocycles. The van der Waals surface area contributed by atoms with Crippen LogP contribution < -0.4 is 5.56 Å². The van der Waals surface area contributed by atoms with Crippen molar-refractivity contribution in [1.82, 2.24) is 9.55 Å². The second kappa shape index (κ2) is 7.08. The van der Waals surface area contributed by atoms with Crippen LogP contribution in [0.25, 0.3) is 10.2 Å². The molecule has 1 atom stereocenters. The van der Waals surface area contributed by atoms with Gasteiger partial charge in [0, 0.05) is 4.88 Å². The number of aryl methyl sites for hydroxylation is 1. The summed E-state index contributed by atoms with van der Waals surface area (Å²) in [4.78, 5) is 18.6. The van der Waals surface area contributed by atoms with Crippen molar-refractivity contribution in [3.8, 4) is 0 Å². The van der Waals surface area contributed by atoms with Crippen molar-refractivity contribution in [3.05, 3.63) is 51.8 Å². The summed E-state index contributed by atoms with van der Waals surface area (Å²) in [6, 6.07) is 5.46. The second-order valence-corrected chi connectivity index (χ2v) is 6.35. The molecule has 3 aromatic rings. The van der Waals surface area contributed by atoms with E-state index in [0.717, 1.165) is 16.1 Å². The molecular formula is C16H18N2O4S. The summed E-state index contributed by atoms with van der Waals surface area (Å²) >= 11 is 1.53. The Morgan fingerprint density at radius 3 is 3.13 bits per heavy atom. The van der Waals surface area contributed by atoms with E-state index in [2.05, 4.69) is 4.98 Å². The Bertz CT molecular complexity index is 822. The van der Waals surface area contributed by atoms with Crippen LogP contribution in [0.15, 0.2) is 40.0 Å². The van der Waals surface area contributed by atoms with Crippen molar-refractivity contribution in [1.29, 1.82) is 0 Å². The van der Waals surface area contributed by atoms with E-state index in [0.29, 0.717) is 17.8 Å². The molecule has 0 saturated carbocycles. The van der Waals surface area contributed by atoms with Gasteiger partial charge in [-0.2, -0.15) is 0 Å². The third-order valence-electron chi connectivity index (χ3n) is 3.46. The molecule has 0 aliphatic carbocycles. The van der Waals surface area contributed by atoms with Gasteiger partial charge in [0.1, 0.15) is 17.2 Å². The summed E-state index contributed by atoms with van der Waals surface area (Å²) in [5.74, 6) is 0.697. The fraction of sp³-hybridized carbons (Fsp3) is 0.375. The zero-order valence-corrected chi connectivity index (χ0v) is 13.6. The molecule has 122 valence electrons. The van der Waals surface area contributed by atoms with Gasteiger partial charge in [-0.25, -0.2) is 4.98 Å². The Morgan fingerprint density at radius 2 is 2.39 bits per heavy atom. The summed E-state index contributed by atoms with van der Waals surface area (Å²) in [6.07, 6.45) is 3.15. The minimum Gasteiger partial charge on any atom is -0.467 e. The standard InChI is InChI=1S/C16H18N2O4S/c1-2-13-6-14-15(23-13)17-10-18(16(14)20)7-11(19)8-21-9-12-4-3-5-22-12/h3-6,10-11,19H,2,7-9H2,1H3. The molecule has 3 heterocycles. The Kier molecular flexibility index (Phi) is 4.90. The molecule has 0 spiro atoms. The van der Waals surface area contributed by atoms with Gasteiger partial charge in [-0.3, -0.25) is 9.36 Å². The van der Waals surface area contributed by atoms with Crippen LogP contribution in [0.1, 0.15) is 17.6 Å². The smallest absolute Gasteiger partial charge is 0.262 e. The molecule has 3 aromatic heterocycles. The minimum atomic E-state index is -0.786. The van der Waals surface area contributed by atoms with Gasteiger partial charge in [0.2, 0.25) is 0 Å². The van der Waals surface area contributed by atoms with E-state index < -0.39 is 6.10 Å². The fourth-order valence-corrected chi connectivity index (χ4v) is 3.21. The number of nitrogens with zero attached hydrogens (tertiary/aromatic N) is 2. The van der Waals surface area contributed by atoms with Crippen LogP contribution in [-0.4, -0.2) is 27.4 Å². The molecule has 0 aliphatic rings. The monoisotopic (exact) mass is 334 g/mol. The number of hydrogen-bond donors (Lipinski definition) is 1. The highest BCUT2D eigenvalue weighted by atomic mass is 32.1. The Labute approximate surface area is 137 Å². The Morgan fingerprint density at radius 1 is 1.52 bits per heavy atom. The summed E-state index contributed by atoms with van der Waals surface area (Å²) in [5, 5.41) is 10.6. The molecular weight excluding hydrogens is 316 g/mol. The normalized spacial score (nSPS) is 12.8. The van der Waals surface area contributed by atoms with Crippen LogP contribution in [0.5, 0.6) is 0 Å².